The number of aliphatic hydroxyl groups is 1. The quantitative estimate of drug-likeness (QED) is 0.666. The van der Waals surface area contributed by atoms with Gasteiger partial charge in [0.25, 0.3) is 0 Å². The fraction of sp³-hybridized carbons (Fsp3) is 0.727. The lowest BCUT2D eigenvalue weighted by Gasteiger charge is -2.26. The van der Waals surface area contributed by atoms with Gasteiger partial charge in [-0.3, -0.25) is 4.79 Å². The van der Waals surface area contributed by atoms with Crippen LogP contribution in [0.4, 0.5) is 0 Å². The Bertz CT molecular complexity index is 192. The molecule has 0 saturated heterocycles. The van der Waals surface area contributed by atoms with Crippen LogP contribution in [0.15, 0.2) is 12.2 Å². The van der Waals surface area contributed by atoms with Crippen molar-refractivity contribution in [3.05, 3.63) is 12.2 Å². The molecule has 2 heteroatoms. The molecule has 0 heterocycles. The summed E-state index contributed by atoms with van der Waals surface area (Å²) in [6.07, 6.45) is 5.04. The Hall–Kier alpha value is -0.630. The van der Waals surface area contributed by atoms with Gasteiger partial charge in [0.15, 0.2) is 5.78 Å². The molecule has 2 atom stereocenters. The van der Waals surface area contributed by atoms with E-state index in [1.807, 2.05) is 6.92 Å². The monoisotopic (exact) mass is 184 g/mol. The zero-order valence-corrected chi connectivity index (χ0v) is 9.00. The summed E-state index contributed by atoms with van der Waals surface area (Å²) in [5.41, 5.74) is -0.859. The summed E-state index contributed by atoms with van der Waals surface area (Å²) in [6, 6.07) is 0. The molecule has 2 nitrogen and oxygen atoms in total. The fourth-order valence-electron chi connectivity index (χ4n) is 1.18. The third-order valence-corrected chi connectivity index (χ3v) is 2.37. The van der Waals surface area contributed by atoms with Gasteiger partial charge in [-0.05, 0) is 38.3 Å². The van der Waals surface area contributed by atoms with Gasteiger partial charge < -0.3 is 5.11 Å². The Balaban J connectivity index is 4.28. The lowest BCUT2D eigenvalue weighted by Crippen LogP contribution is -2.30. The van der Waals surface area contributed by atoms with Gasteiger partial charge in [0.2, 0.25) is 0 Å². The molecule has 0 aromatic rings. The fourth-order valence-corrected chi connectivity index (χ4v) is 1.18. The van der Waals surface area contributed by atoms with Crippen molar-refractivity contribution in [2.75, 3.05) is 0 Å². The molecule has 76 valence electrons. The minimum atomic E-state index is -0.859. The van der Waals surface area contributed by atoms with Crippen molar-refractivity contribution in [2.45, 2.75) is 46.1 Å². The van der Waals surface area contributed by atoms with Gasteiger partial charge in [0.1, 0.15) is 0 Å². The number of ketones is 1. The molecule has 0 aliphatic rings. The van der Waals surface area contributed by atoms with E-state index in [-0.39, 0.29) is 11.7 Å². The van der Waals surface area contributed by atoms with Crippen LogP contribution < -0.4 is 0 Å². The standard InChI is InChI=1S/C11H20O2/c1-5-6-9(2)11(4,13)8-7-10(3)12/h7-9,13H,5-6H2,1-4H3/b8-7+. The van der Waals surface area contributed by atoms with Crippen molar-refractivity contribution in [2.24, 2.45) is 5.92 Å². The van der Waals surface area contributed by atoms with Crippen LogP contribution in [-0.4, -0.2) is 16.5 Å². The van der Waals surface area contributed by atoms with Crippen molar-refractivity contribution < 1.29 is 9.90 Å². The number of rotatable bonds is 5. The highest BCUT2D eigenvalue weighted by Crippen LogP contribution is 2.22. The van der Waals surface area contributed by atoms with E-state index in [2.05, 4.69) is 6.92 Å². The average molecular weight is 184 g/mol. The number of carbonyl (C=O) groups is 1. The minimum absolute atomic E-state index is 0.0241. The van der Waals surface area contributed by atoms with Crippen molar-refractivity contribution >= 4 is 5.78 Å². The normalized spacial score (nSPS) is 18.5. The second-order valence-electron chi connectivity index (χ2n) is 3.86. The Kier molecular flexibility index (Phi) is 4.92. The van der Waals surface area contributed by atoms with E-state index in [1.165, 1.54) is 13.0 Å². The smallest absolute Gasteiger partial charge is 0.152 e. The highest BCUT2D eigenvalue weighted by Gasteiger charge is 2.24. The molecule has 0 aliphatic heterocycles. The van der Waals surface area contributed by atoms with Gasteiger partial charge >= 0.3 is 0 Å². The molecule has 0 bridgehead atoms. The Morgan fingerprint density at radius 2 is 2.15 bits per heavy atom. The van der Waals surface area contributed by atoms with Gasteiger partial charge in [0.05, 0.1) is 5.60 Å². The highest BCUT2D eigenvalue weighted by molar-refractivity contribution is 5.87. The van der Waals surface area contributed by atoms with E-state index < -0.39 is 5.60 Å². The molecule has 0 fully saturated rings. The van der Waals surface area contributed by atoms with Crippen LogP contribution in [-0.2, 0) is 4.79 Å². The molecule has 2 unspecified atom stereocenters. The first-order valence-corrected chi connectivity index (χ1v) is 4.82. The summed E-state index contributed by atoms with van der Waals surface area (Å²) < 4.78 is 0. The van der Waals surface area contributed by atoms with E-state index in [9.17, 15) is 9.90 Å². The van der Waals surface area contributed by atoms with Crippen LogP contribution >= 0.6 is 0 Å². The summed E-state index contributed by atoms with van der Waals surface area (Å²) in [5.74, 6) is 0.164. The van der Waals surface area contributed by atoms with E-state index in [1.54, 1.807) is 13.0 Å². The van der Waals surface area contributed by atoms with Crippen LogP contribution in [0, 0.1) is 5.92 Å². The van der Waals surface area contributed by atoms with Crippen LogP contribution in [0.25, 0.3) is 0 Å². The SMILES string of the molecule is CCCC(C)C(C)(O)/C=C/C(C)=O. The maximum atomic E-state index is 10.7. The number of hydrogen-bond acceptors (Lipinski definition) is 2. The van der Waals surface area contributed by atoms with Gasteiger partial charge in [-0.15, -0.1) is 0 Å². The number of hydrogen-bond donors (Lipinski definition) is 1. The number of carbonyl (C=O) groups excluding carboxylic acids is 1. The third-order valence-electron chi connectivity index (χ3n) is 2.37. The van der Waals surface area contributed by atoms with Crippen LogP contribution in [0.3, 0.4) is 0 Å². The molecule has 0 radical (unpaired) electrons. The molecule has 0 spiro atoms. The first-order chi connectivity index (χ1) is 5.90. The first kappa shape index (κ1) is 12.4. The highest BCUT2D eigenvalue weighted by atomic mass is 16.3. The minimum Gasteiger partial charge on any atom is -0.386 e. The van der Waals surface area contributed by atoms with Crippen molar-refractivity contribution in [3.8, 4) is 0 Å². The molecule has 0 saturated carbocycles. The van der Waals surface area contributed by atoms with Crippen LogP contribution in [0.2, 0.25) is 0 Å². The maximum absolute atomic E-state index is 10.7. The molecular weight excluding hydrogens is 164 g/mol. The van der Waals surface area contributed by atoms with Gasteiger partial charge in [-0.2, -0.15) is 0 Å². The van der Waals surface area contributed by atoms with Gasteiger partial charge in [0, 0.05) is 0 Å². The summed E-state index contributed by atoms with van der Waals surface area (Å²) in [5, 5.41) is 9.92. The molecule has 1 N–H and O–H groups in total. The lowest BCUT2D eigenvalue weighted by atomic mass is 9.87. The topological polar surface area (TPSA) is 37.3 Å². The lowest BCUT2D eigenvalue weighted by molar-refractivity contribution is -0.112. The average Bonchev–Trinajstić information content (AvgIpc) is 2.01. The molecule has 0 aromatic heterocycles. The molecule has 0 aromatic carbocycles. The summed E-state index contributed by atoms with van der Waals surface area (Å²) in [7, 11) is 0. The Labute approximate surface area is 80.7 Å². The van der Waals surface area contributed by atoms with E-state index >= 15 is 0 Å². The molecule has 13 heavy (non-hydrogen) atoms. The summed E-state index contributed by atoms with van der Waals surface area (Å²) in [6.45, 7) is 7.30. The molecule has 0 amide bonds. The van der Waals surface area contributed by atoms with E-state index in [4.69, 9.17) is 0 Å². The van der Waals surface area contributed by atoms with Crippen LogP contribution in [0.1, 0.15) is 40.5 Å². The summed E-state index contributed by atoms with van der Waals surface area (Å²) in [4.78, 5) is 10.7. The largest absolute Gasteiger partial charge is 0.386 e. The van der Waals surface area contributed by atoms with Crippen molar-refractivity contribution in [1.29, 1.82) is 0 Å². The Morgan fingerprint density at radius 3 is 2.54 bits per heavy atom. The Morgan fingerprint density at radius 1 is 1.62 bits per heavy atom. The van der Waals surface area contributed by atoms with Crippen molar-refractivity contribution in [3.63, 3.8) is 0 Å². The number of allylic oxidation sites excluding steroid dienone is 1. The van der Waals surface area contributed by atoms with Gasteiger partial charge in [-0.1, -0.05) is 20.3 Å². The first-order valence-electron chi connectivity index (χ1n) is 4.82. The molecule has 0 aliphatic carbocycles. The predicted molar refractivity (Wildman–Crippen MR) is 54.5 cm³/mol. The third kappa shape index (κ3) is 4.83. The van der Waals surface area contributed by atoms with Crippen molar-refractivity contribution in [1.82, 2.24) is 0 Å². The predicted octanol–water partition coefficient (Wildman–Crippen LogP) is 2.32. The zero-order valence-electron chi connectivity index (χ0n) is 9.00. The van der Waals surface area contributed by atoms with E-state index in [0.29, 0.717) is 0 Å². The molecule has 0 rings (SSSR count). The zero-order chi connectivity index (χ0) is 10.5. The van der Waals surface area contributed by atoms with Crippen LogP contribution in [0.5, 0.6) is 0 Å². The summed E-state index contributed by atoms with van der Waals surface area (Å²) >= 11 is 0. The second kappa shape index (κ2) is 5.18. The van der Waals surface area contributed by atoms with Gasteiger partial charge in [-0.25, -0.2) is 0 Å². The second-order valence-corrected chi connectivity index (χ2v) is 3.86. The maximum Gasteiger partial charge on any atom is 0.152 e. The van der Waals surface area contributed by atoms with E-state index in [0.717, 1.165) is 12.8 Å². The molecular formula is C11H20O2.